The van der Waals surface area contributed by atoms with Crippen LogP contribution in [0.1, 0.15) is 22.8 Å². The average molecular weight is 353 g/mol. The molecule has 2 rings (SSSR count). The van der Waals surface area contributed by atoms with E-state index < -0.39 is 15.9 Å². The number of benzene rings is 2. The molecule has 0 spiro atoms. The Kier molecular flexibility index (Phi) is 5.28. The number of halogens is 1. The summed E-state index contributed by atoms with van der Waals surface area (Å²) in [6, 6.07) is 11.2. The van der Waals surface area contributed by atoms with E-state index in [4.69, 9.17) is 11.6 Å². The first kappa shape index (κ1) is 17.3. The van der Waals surface area contributed by atoms with Crippen LogP contribution in [0.2, 0.25) is 5.02 Å². The molecule has 0 aliphatic carbocycles. The molecule has 0 unspecified atom stereocenters. The second-order valence-electron chi connectivity index (χ2n) is 4.84. The van der Waals surface area contributed by atoms with Crippen molar-refractivity contribution in [3.8, 4) is 0 Å². The summed E-state index contributed by atoms with van der Waals surface area (Å²) in [6.45, 7) is 1.88. The predicted molar refractivity (Wildman–Crippen MR) is 91.5 cm³/mol. The van der Waals surface area contributed by atoms with Gasteiger partial charge in [0, 0.05) is 12.1 Å². The van der Waals surface area contributed by atoms with Gasteiger partial charge in [0.25, 0.3) is 15.9 Å². The van der Waals surface area contributed by atoms with Gasteiger partial charge in [-0.1, -0.05) is 36.7 Å². The average Bonchev–Trinajstić information content (AvgIpc) is 2.55. The lowest BCUT2D eigenvalue weighted by molar-refractivity contribution is 0.0964. The van der Waals surface area contributed by atoms with Crippen molar-refractivity contribution in [1.82, 2.24) is 5.32 Å². The first-order valence-corrected chi connectivity index (χ1v) is 8.87. The van der Waals surface area contributed by atoms with Gasteiger partial charge >= 0.3 is 0 Å². The van der Waals surface area contributed by atoms with Gasteiger partial charge in [-0.2, -0.15) is 0 Å². The van der Waals surface area contributed by atoms with Crippen LogP contribution >= 0.6 is 11.6 Å². The monoisotopic (exact) mass is 352 g/mol. The lowest BCUT2D eigenvalue weighted by atomic mass is 10.2. The number of carbonyl (C=O) groups is 1. The van der Waals surface area contributed by atoms with Crippen LogP contribution in [0.4, 0.5) is 5.69 Å². The third kappa shape index (κ3) is 3.83. The fourth-order valence-corrected chi connectivity index (χ4v) is 3.75. The molecule has 0 fully saturated rings. The van der Waals surface area contributed by atoms with Crippen LogP contribution in [0.3, 0.4) is 0 Å². The Bertz CT molecular complexity index is 835. The van der Waals surface area contributed by atoms with Gasteiger partial charge in [0.1, 0.15) is 0 Å². The lowest BCUT2D eigenvalue weighted by Gasteiger charge is -2.14. The second kappa shape index (κ2) is 7.02. The van der Waals surface area contributed by atoms with Crippen LogP contribution < -0.4 is 10.0 Å². The quantitative estimate of drug-likeness (QED) is 0.868. The number of carbonyl (C=O) groups excluding carboxylic acids is 1. The molecule has 1 amide bonds. The first-order chi connectivity index (χ1) is 10.9. The number of nitrogens with one attached hydrogen (secondary N) is 2. The Morgan fingerprint density at radius 3 is 2.52 bits per heavy atom. The molecule has 0 saturated heterocycles. The number of anilines is 1. The Balaban J connectivity index is 2.48. The zero-order valence-corrected chi connectivity index (χ0v) is 14.3. The van der Waals surface area contributed by atoms with Crippen molar-refractivity contribution in [3.63, 3.8) is 0 Å². The van der Waals surface area contributed by atoms with Gasteiger partial charge in [-0.25, -0.2) is 8.42 Å². The largest absolute Gasteiger partial charge is 0.355 e. The van der Waals surface area contributed by atoms with E-state index in [1.807, 2.05) is 6.92 Å². The fourth-order valence-electron chi connectivity index (χ4n) is 2.19. The van der Waals surface area contributed by atoms with E-state index >= 15 is 0 Å². The number of hydrogen-bond acceptors (Lipinski definition) is 3. The summed E-state index contributed by atoms with van der Waals surface area (Å²) in [4.78, 5) is 12.1. The number of hydrogen-bond donors (Lipinski definition) is 2. The van der Waals surface area contributed by atoms with E-state index in [0.29, 0.717) is 17.0 Å². The molecule has 0 radical (unpaired) electrons. The minimum absolute atomic E-state index is 0.164. The van der Waals surface area contributed by atoms with Crippen molar-refractivity contribution in [2.45, 2.75) is 18.2 Å². The standard InChI is InChI=1S/C16H17ClN2O3S/c1-3-11-6-4-5-7-15(11)23(21,22)19-14-9-8-12(17)10-13(14)16(20)18-2/h4-10,19H,3H2,1-2H3,(H,18,20). The van der Waals surface area contributed by atoms with E-state index in [-0.39, 0.29) is 16.1 Å². The Hall–Kier alpha value is -2.05. The lowest BCUT2D eigenvalue weighted by Crippen LogP contribution is -2.22. The maximum absolute atomic E-state index is 12.7. The van der Waals surface area contributed by atoms with Gasteiger partial charge < -0.3 is 5.32 Å². The number of aryl methyl sites for hydroxylation is 1. The zero-order valence-electron chi connectivity index (χ0n) is 12.8. The number of rotatable bonds is 5. The predicted octanol–water partition coefficient (Wildman–Crippen LogP) is 3.06. The van der Waals surface area contributed by atoms with Gasteiger partial charge in [0.05, 0.1) is 16.1 Å². The topological polar surface area (TPSA) is 75.3 Å². The summed E-state index contributed by atoms with van der Waals surface area (Å²) in [5.41, 5.74) is 1.05. The summed E-state index contributed by atoms with van der Waals surface area (Å²) < 4.78 is 27.8. The van der Waals surface area contributed by atoms with Crippen LogP contribution in [0.25, 0.3) is 0 Å². The molecule has 0 aliphatic rings. The van der Waals surface area contributed by atoms with Gasteiger partial charge in [0.2, 0.25) is 0 Å². The summed E-state index contributed by atoms with van der Waals surface area (Å²) in [6.07, 6.45) is 0.583. The van der Waals surface area contributed by atoms with Crippen molar-refractivity contribution >= 4 is 33.2 Å². The van der Waals surface area contributed by atoms with Crippen LogP contribution in [0, 0.1) is 0 Å². The molecule has 23 heavy (non-hydrogen) atoms. The molecule has 2 aromatic carbocycles. The summed E-state index contributed by atoms with van der Waals surface area (Å²) in [5.74, 6) is -0.422. The number of sulfonamides is 1. The molecule has 122 valence electrons. The molecule has 0 saturated carbocycles. The molecule has 2 N–H and O–H groups in total. The van der Waals surface area contributed by atoms with Crippen LogP contribution in [0.5, 0.6) is 0 Å². The van der Waals surface area contributed by atoms with Gasteiger partial charge in [-0.05, 0) is 36.2 Å². The van der Waals surface area contributed by atoms with E-state index in [2.05, 4.69) is 10.0 Å². The Labute approximate surface area is 140 Å². The van der Waals surface area contributed by atoms with Crippen LogP contribution in [0.15, 0.2) is 47.4 Å². The zero-order chi connectivity index (χ0) is 17.0. The maximum Gasteiger partial charge on any atom is 0.262 e. The van der Waals surface area contributed by atoms with E-state index in [1.54, 1.807) is 18.2 Å². The highest BCUT2D eigenvalue weighted by Crippen LogP contribution is 2.25. The van der Waals surface area contributed by atoms with Crippen molar-refractivity contribution in [2.75, 3.05) is 11.8 Å². The normalized spacial score (nSPS) is 11.1. The first-order valence-electron chi connectivity index (χ1n) is 7.01. The molecule has 5 nitrogen and oxygen atoms in total. The molecule has 0 aromatic heterocycles. The summed E-state index contributed by atoms with van der Waals surface area (Å²) >= 11 is 5.90. The molecule has 0 atom stereocenters. The molecule has 2 aromatic rings. The Morgan fingerprint density at radius 2 is 1.87 bits per heavy atom. The number of amides is 1. The molecular weight excluding hydrogens is 336 g/mol. The van der Waals surface area contributed by atoms with Crippen molar-refractivity contribution < 1.29 is 13.2 Å². The minimum Gasteiger partial charge on any atom is -0.355 e. The highest BCUT2D eigenvalue weighted by molar-refractivity contribution is 7.92. The van der Waals surface area contributed by atoms with Gasteiger partial charge in [-0.15, -0.1) is 0 Å². The summed E-state index contributed by atoms with van der Waals surface area (Å²) in [7, 11) is -2.34. The highest BCUT2D eigenvalue weighted by Gasteiger charge is 2.20. The SMILES string of the molecule is CCc1ccccc1S(=O)(=O)Nc1ccc(Cl)cc1C(=O)NC. The fraction of sp³-hybridized carbons (Fsp3) is 0.188. The molecular formula is C16H17ClN2O3S. The van der Waals surface area contributed by atoms with Crippen LogP contribution in [-0.2, 0) is 16.4 Å². The minimum atomic E-state index is -3.81. The third-order valence-electron chi connectivity index (χ3n) is 3.34. The van der Waals surface area contributed by atoms with Crippen molar-refractivity contribution in [2.24, 2.45) is 0 Å². The maximum atomic E-state index is 12.7. The highest BCUT2D eigenvalue weighted by atomic mass is 35.5. The van der Waals surface area contributed by atoms with E-state index in [9.17, 15) is 13.2 Å². The second-order valence-corrected chi connectivity index (χ2v) is 6.92. The van der Waals surface area contributed by atoms with E-state index in [0.717, 1.165) is 0 Å². The molecule has 7 heteroatoms. The molecule has 0 aliphatic heterocycles. The Morgan fingerprint density at radius 1 is 1.17 bits per heavy atom. The van der Waals surface area contributed by atoms with E-state index in [1.165, 1.54) is 31.3 Å². The van der Waals surface area contributed by atoms with Crippen molar-refractivity contribution in [3.05, 3.63) is 58.6 Å². The van der Waals surface area contributed by atoms with Gasteiger partial charge in [-0.3, -0.25) is 9.52 Å². The summed E-state index contributed by atoms with van der Waals surface area (Å²) in [5, 5.41) is 2.81. The molecule has 0 heterocycles. The van der Waals surface area contributed by atoms with Crippen LogP contribution in [-0.4, -0.2) is 21.4 Å². The van der Waals surface area contributed by atoms with Gasteiger partial charge in [0.15, 0.2) is 0 Å². The third-order valence-corrected chi connectivity index (χ3v) is 5.04. The molecule has 0 bridgehead atoms. The van der Waals surface area contributed by atoms with Crippen molar-refractivity contribution in [1.29, 1.82) is 0 Å². The smallest absolute Gasteiger partial charge is 0.262 e.